The molecule has 112 valence electrons. The van der Waals surface area contributed by atoms with Crippen LogP contribution in [0.25, 0.3) is 26.1 Å². The lowest BCUT2D eigenvalue weighted by Gasteiger charge is -2.03. The molecule has 0 bridgehead atoms. The number of aromatic nitrogens is 4. The van der Waals surface area contributed by atoms with Gasteiger partial charge in [0, 0.05) is 16.6 Å². The molecule has 3 aromatic heterocycles. The third-order valence-electron chi connectivity index (χ3n) is 3.97. The summed E-state index contributed by atoms with van der Waals surface area (Å²) in [5.74, 6) is 1.48. The van der Waals surface area contributed by atoms with Crippen LogP contribution in [0.2, 0.25) is 0 Å². The molecule has 4 rings (SSSR count). The standard InChI is InChI=1S/C16H16N4OS/c1-3-4-9-19-10(2)18-20-15(21)14-13(17-16(19)20)11-7-5-6-8-12(11)22-14/h5-8H,3-4,9H2,1-2H3. The van der Waals surface area contributed by atoms with Gasteiger partial charge in [-0.2, -0.15) is 4.52 Å². The number of thiophene rings is 1. The molecule has 22 heavy (non-hydrogen) atoms. The van der Waals surface area contributed by atoms with E-state index in [1.165, 1.54) is 15.9 Å². The smallest absolute Gasteiger partial charge is 0.293 e. The van der Waals surface area contributed by atoms with Gasteiger partial charge in [0.15, 0.2) is 0 Å². The Hall–Kier alpha value is -2.21. The fourth-order valence-electron chi connectivity index (χ4n) is 2.81. The quantitative estimate of drug-likeness (QED) is 0.583. The Balaban J connectivity index is 2.13. The molecular weight excluding hydrogens is 296 g/mol. The van der Waals surface area contributed by atoms with Gasteiger partial charge in [0.1, 0.15) is 10.5 Å². The molecule has 5 nitrogen and oxygen atoms in total. The Morgan fingerprint density at radius 2 is 2.09 bits per heavy atom. The minimum Gasteiger partial charge on any atom is -0.297 e. The normalized spacial score (nSPS) is 11.9. The summed E-state index contributed by atoms with van der Waals surface area (Å²) in [6, 6.07) is 8.02. The molecule has 0 radical (unpaired) electrons. The third-order valence-corrected chi connectivity index (χ3v) is 5.12. The lowest BCUT2D eigenvalue weighted by atomic mass is 10.2. The largest absolute Gasteiger partial charge is 0.297 e. The molecule has 6 heteroatoms. The Morgan fingerprint density at radius 3 is 2.91 bits per heavy atom. The predicted octanol–water partition coefficient (Wildman–Crippen LogP) is 3.37. The molecule has 0 aliphatic heterocycles. The topological polar surface area (TPSA) is 52.2 Å². The maximum absolute atomic E-state index is 12.8. The van der Waals surface area contributed by atoms with Crippen molar-refractivity contribution in [1.82, 2.24) is 19.2 Å². The maximum Gasteiger partial charge on any atom is 0.293 e. The van der Waals surface area contributed by atoms with Crippen LogP contribution in [0.5, 0.6) is 0 Å². The van der Waals surface area contributed by atoms with Crippen molar-refractivity contribution < 1.29 is 0 Å². The van der Waals surface area contributed by atoms with Gasteiger partial charge < -0.3 is 0 Å². The summed E-state index contributed by atoms with van der Waals surface area (Å²) in [5, 5.41) is 5.44. The van der Waals surface area contributed by atoms with Gasteiger partial charge in [-0.15, -0.1) is 16.4 Å². The molecule has 0 N–H and O–H groups in total. The van der Waals surface area contributed by atoms with E-state index in [0.29, 0.717) is 10.5 Å². The van der Waals surface area contributed by atoms with Crippen molar-refractivity contribution in [3.05, 3.63) is 40.4 Å². The van der Waals surface area contributed by atoms with E-state index < -0.39 is 0 Å². The molecule has 0 aliphatic carbocycles. The highest BCUT2D eigenvalue weighted by molar-refractivity contribution is 7.25. The zero-order valence-electron chi connectivity index (χ0n) is 12.5. The molecule has 0 unspecified atom stereocenters. The van der Waals surface area contributed by atoms with Gasteiger partial charge in [-0.05, 0) is 19.4 Å². The third kappa shape index (κ3) is 1.80. The van der Waals surface area contributed by atoms with E-state index in [1.807, 2.05) is 35.8 Å². The molecule has 0 saturated carbocycles. The van der Waals surface area contributed by atoms with Gasteiger partial charge in [-0.1, -0.05) is 31.5 Å². The van der Waals surface area contributed by atoms with Crippen LogP contribution in [0, 0.1) is 6.92 Å². The highest BCUT2D eigenvalue weighted by atomic mass is 32.1. The Kier molecular flexibility index (Phi) is 3.00. The zero-order chi connectivity index (χ0) is 15.3. The lowest BCUT2D eigenvalue weighted by molar-refractivity contribution is 0.627. The van der Waals surface area contributed by atoms with Crippen LogP contribution in [0.15, 0.2) is 29.1 Å². The van der Waals surface area contributed by atoms with E-state index in [-0.39, 0.29) is 5.56 Å². The van der Waals surface area contributed by atoms with E-state index >= 15 is 0 Å². The van der Waals surface area contributed by atoms with E-state index in [0.717, 1.165) is 40.8 Å². The van der Waals surface area contributed by atoms with E-state index in [4.69, 9.17) is 4.98 Å². The Labute approximate surface area is 130 Å². The molecule has 0 amide bonds. The lowest BCUT2D eigenvalue weighted by Crippen LogP contribution is -2.15. The van der Waals surface area contributed by atoms with Crippen LogP contribution in [-0.2, 0) is 6.54 Å². The number of nitrogens with zero attached hydrogens (tertiary/aromatic N) is 4. The van der Waals surface area contributed by atoms with Crippen LogP contribution in [0.3, 0.4) is 0 Å². The van der Waals surface area contributed by atoms with Crippen molar-refractivity contribution in [2.75, 3.05) is 0 Å². The average Bonchev–Trinajstić information content (AvgIpc) is 3.05. The summed E-state index contributed by atoms with van der Waals surface area (Å²) in [5.41, 5.74) is 0.725. The van der Waals surface area contributed by atoms with Gasteiger partial charge in [0.2, 0.25) is 5.78 Å². The number of hydrogen-bond acceptors (Lipinski definition) is 4. The monoisotopic (exact) mass is 312 g/mol. The average molecular weight is 312 g/mol. The van der Waals surface area contributed by atoms with E-state index in [9.17, 15) is 4.79 Å². The first-order valence-electron chi connectivity index (χ1n) is 7.48. The number of aryl methyl sites for hydroxylation is 2. The Morgan fingerprint density at radius 1 is 1.27 bits per heavy atom. The number of fused-ring (bicyclic) bond motifs is 4. The van der Waals surface area contributed by atoms with Gasteiger partial charge >= 0.3 is 0 Å². The zero-order valence-corrected chi connectivity index (χ0v) is 13.4. The van der Waals surface area contributed by atoms with Crippen LogP contribution < -0.4 is 5.56 Å². The van der Waals surface area contributed by atoms with Crippen LogP contribution in [0.1, 0.15) is 25.6 Å². The summed E-state index contributed by atoms with van der Waals surface area (Å²) < 4.78 is 5.26. The second-order valence-corrected chi connectivity index (χ2v) is 6.51. The first-order chi connectivity index (χ1) is 10.7. The van der Waals surface area contributed by atoms with Gasteiger partial charge in [0.25, 0.3) is 5.56 Å². The molecular formula is C16H16N4OS. The highest BCUT2D eigenvalue weighted by Gasteiger charge is 2.16. The second-order valence-electron chi connectivity index (χ2n) is 5.46. The molecule has 0 spiro atoms. The summed E-state index contributed by atoms with van der Waals surface area (Å²) in [7, 11) is 0. The van der Waals surface area contributed by atoms with Gasteiger partial charge in [-0.25, -0.2) is 4.98 Å². The van der Waals surface area contributed by atoms with E-state index in [1.54, 1.807) is 0 Å². The maximum atomic E-state index is 12.8. The first kappa shape index (κ1) is 13.5. The molecule has 3 heterocycles. The molecule has 4 aromatic rings. The first-order valence-corrected chi connectivity index (χ1v) is 8.29. The number of unbranched alkanes of at least 4 members (excludes halogenated alkanes) is 1. The van der Waals surface area contributed by atoms with Gasteiger partial charge in [-0.3, -0.25) is 9.36 Å². The van der Waals surface area contributed by atoms with Crippen LogP contribution in [-0.4, -0.2) is 19.2 Å². The molecule has 0 atom stereocenters. The van der Waals surface area contributed by atoms with Gasteiger partial charge in [0.05, 0.1) is 5.52 Å². The van der Waals surface area contributed by atoms with E-state index in [2.05, 4.69) is 12.0 Å². The van der Waals surface area contributed by atoms with Crippen molar-refractivity contribution in [2.45, 2.75) is 33.2 Å². The van der Waals surface area contributed by atoms with Crippen molar-refractivity contribution in [1.29, 1.82) is 0 Å². The SMILES string of the molecule is CCCCn1c(C)nn2c(=O)c3sc4ccccc4c3nc12. The molecule has 0 aliphatic rings. The number of benzene rings is 1. The van der Waals surface area contributed by atoms with Crippen molar-refractivity contribution >= 4 is 37.4 Å². The summed E-state index contributed by atoms with van der Waals surface area (Å²) in [4.78, 5) is 17.5. The van der Waals surface area contributed by atoms with Crippen molar-refractivity contribution in [2.24, 2.45) is 0 Å². The number of hydrogen-bond donors (Lipinski definition) is 0. The summed E-state index contributed by atoms with van der Waals surface area (Å²) >= 11 is 1.49. The highest BCUT2D eigenvalue weighted by Crippen LogP contribution is 2.30. The summed E-state index contributed by atoms with van der Waals surface area (Å²) in [6.45, 7) is 4.92. The molecule has 0 fully saturated rings. The fraction of sp³-hybridized carbons (Fsp3) is 0.312. The summed E-state index contributed by atoms with van der Waals surface area (Å²) in [6.07, 6.45) is 2.14. The molecule has 1 aromatic carbocycles. The molecule has 0 saturated heterocycles. The van der Waals surface area contributed by atoms with Crippen molar-refractivity contribution in [3.63, 3.8) is 0 Å². The minimum atomic E-state index is -0.0699. The van der Waals surface area contributed by atoms with Crippen LogP contribution >= 0.6 is 11.3 Å². The van der Waals surface area contributed by atoms with Crippen molar-refractivity contribution in [3.8, 4) is 0 Å². The second kappa shape index (κ2) is 4.91. The fourth-order valence-corrected chi connectivity index (χ4v) is 3.88. The number of rotatable bonds is 3. The predicted molar refractivity (Wildman–Crippen MR) is 89.8 cm³/mol. The minimum absolute atomic E-state index is 0.0699. The van der Waals surface area contributed by atoms with Crippen LogP contribution in [0.4, 0.5) is 0 Å². The Bertz CT molecular complexity index is 1060.